The summed E-state index contributed by atoms with van der Waals surface area (Å²) in [7, 11) is 0. The van der Waals surface area contributed by atoms with E-state index in [9.17, 15) is 0 Å². The highest BCUT2D eigenvalue weighted by atomic mass is 15.1. The zero-order valence-electron chi connectivity index (χ0n) is 37.4. The van der Waals surface area contributed by atoms with Gasteiger partial charge in [0.1, 0.15) is 0 Å². The lowest BCUT2D eigenvalue weighted by molar-refractivity contribution is 0.550. The molecule has 1 nitrogen and oxygen atoms in total. The summed E-state index contributed by atoms with van der Waals surface area (Å²) < 4.78 is 0. The van der Waals surface area contributed by atoms with Crippen molar-refractivity contribution in [3.63, 3.8) is 0 Å². The zero-order chi connectivity index (χ0) is 43.5. The smallest absolute Gasteiger partial charge is 0.0543 e. The number of nitrogens with zero attached hydrogens (tertiary/aromatic N) is 1. The van der Waals surface area contributed by atoms with E-state index in [1.54, 1.807) is 0 Å². The molecule has 9 aromatic carbocycles. The number of anilines is 3. The van der Waals surface area contributed by atoms with Crippen LogP contribution < -0.4 is 4.90 Å². The van der Waals surface area contributed by atoms with Gasteiger partial charge in [-0.15, -0.1) is 0 Å². The molecule has 13 rings (SSSR count). The molecule has 0 saturated heterocycles. The van der Waals surface area contributed by atoms with Gasteiger partial charge in [-0.1, -0.05) is 203 Å². The molecule has 1 atom stereocenters. The Kier molecular flexibility index (Phi) is 8.32. The van der Waals surface area contributed by atoms with E-state index >= 15 is 0 Å². The van der Waals surface area contributed by atoms with Gasteiger partial charge in [-0.3, -0.25) is 0 Å². The summed E-state index contributed by atoms with van der Waals surface area (Å²) >= 11 is 0. The van der Waals surface area contributed by atoms with E-state index in [2.05, 4.69) is 232 Å². The van der Waals surface area contributed by atoms with Crippen LogP contribution in [0.25, 0.3) is 55.6 Å². The fourth-order valence-corrected chi connectivity index (χ4v) is 13.1. The molecule has 65 heavy (non-hydrogen) atoms. The molecule has 1 fully saturated rings. The molecule has 312 valence electrons. The fraction of sp³-hybridized carbons (Fsp3) is 0.156. The Morgan fingerprint density at radius 1 is 0.369 bits per heavy atom. The summed E-state index contributed by atoms with van der Waals surface area (Å²) in [6, 6.07) is 78.2. The third kappa shape index (κ3) is 5.33. The predicted molar refractivity (Wildman–Crippen MR) is 272 cm³/mol. The highest BCUT2D eigenvalue weighted by Crippen LogP contribution is 2.60. The average Bonchev–Trinajstić information content (AvgIpc) is 4.10. The van der Waals surface area contributed by atoms with Gasteiger partial charge in [0.2, 0.25) is 0 Å². The van der Waals surface area contributed by atoms with Crippen molar-refractivity contribution < 1.29 is 0 Å². The molecule has 0 amide bonds. The number of benzene rings is 9. The average molecular weight is 834 g/mol. The van der Waals surface area contributed by atoms with Crippen LogP contribution in [-0.4, -0.2) is 0 Å². The summed E-state index contributed by atoms with van der Waals surface area (Å²) in [6.45, 7) is 7.20. The van der Waals surface area contributed by atoms with Crippen LogP contribution in [0.1, 0.15) is 85.4 Å². The minimum atomic E-state index is -0.302. The van der Waals surface area contributed by atoms with E-state index in [1.165, 1.54) is 132 Å². The number of rotatable bonds is 6. The summed E-state index contributed by atoms with van der Waals surface area (Å²) in [5.74, 6) is 0. The van der Waals surface area contributed by atoms with Crippen molar-refractivity contribution in [1.29, 1.82) is 0 Å². The Hall–Kier alpha value is -7.22. The van der Waals surface area contributed by atoms with Crippen molar-refractivity contribution in [2.75, 3.05) is 4.90 Å². The summed E-state index contributed by atoms with van der Waals surface area (Å²) in [4.78, 5) is 2.57. The van der Waals surface area contributed by atoms with Crippen LogP contribution in [0.15, 0.2) is 206 Å². The van der Waals surface area contributed by atoms with Crippen molar-refractivity contribution in [3.8, 4) is 55.6 Å². The molecule has 0 aromatic heterocycles. The van der Waals surface area contributed by atoms with Gasteiger partial charge in [0.05, 0.1) is 5.69 Å². The zero-order valence-corrected chi connectivity index (χ0v) is 37.4. The minimum absolute atomic E-state index is 0.0613. The van der Waals surface area contributed by atoms with Crippen LogP contribution in [0.2, 0.25) is 0 Å². The topological polar surface area (TPSA) is 3.24 Å². The maximum atomic E-state index is 2.57. The molecular weight excluding hydrogens is 783 g/mol. The quantitative estimate of drug-likeness (QED) is 0.161. The Balaban J connectivity index is 0.995. The van der Waals surface area contributed by atoms with Gasteiger partial charge in [0.25, 0.3) is 0 Å². The van der Waals surface area contributed by atoms with E-state index in [0.717, 1.165) is 5.69 Å². The van der Waals surface area contributed by atoms with Crippen LogP contribution in [0.4, 0.5) is 17.1 Å². The summed E-state index contributed by atoms with van der Waals surface area (Å²) in [6.07, 6.45) is 4.93. The Bertz CT molecular complexity index is 3360. The van der Waals surface area contributed by atoms with Gasteiger partial charge in [-0.2, -0.15) is 0 Å². The van der Waals surface area contributed by atoms with Crippen molar-refractivity contribution in [2.24, 2.45) is 0 Å². The molecule has 4 aliphatic carbocycles. The second kappa shape index (κ2) is 14.1. The molecule has 1 unspecified atom stereocenters. The van der Waals surface area contributed by atoms with Gasteiger partial charge < -0.3 is 4.90 Å². The standard InChI is InChI=1S/C64H51N/c1-62(2)54-28-12-9-24-49(54)52-27-17-26-51(61(52)62)47-22-8-7-21-46(47)42-33-35-44(36-34-42)65(45-37-38-50-48-23-10-14-30-56(48)64(58(50)41-45)39-15-16-40-64)59-32-18-31-57-60(59)53-25-11-13-29-55(53)63(57,3)43-19-5-4-6-20-43/h4-14,17-38,41H,15-16,39-40H2,1-3H3. The van der Waals surface area contributed by atoms with Gasteiger partial charge in [-0.05, 0) is 139 Å². The molecule has 0 aliphatic heterocycles. The van der Waals surface area contributed by atoms with Crippen LogP contribution in [0, 0.1) is 0 Å². The van der Waals surface area contributed by atoms with E-state index in [0.29, 0.717) is 0 Å². The lowest BCUT2D eigenvalue weighted by Gasteiger charge is -2.32. The molecule has 0 bridgehead atoms. The van der Waals surface area contributed by atoms with E-state index in [1.807, 2.05) is 0 Å². The largest absolute Gasteiger partial charge is 0.310 e. The van der Waals surface area contributed by atoms with Gasteiger partial charge in [0, 0.05) is 33.2 Å². The minimum Gasteiger partial charge on any atom is -0.310 e. The number of fused-ring (bicyclic) bond motifs is 11. The molecule has 4 aliphatic rings. The van der Waals surface area contributed by atoms with Gasteiger partial charge in [0.15, 0.2) is 0 Å². The van der Waals surface area contributed by atoms with E-state index in [4.69, 9.17) is 0 Å². The SMILES string of the molecule is CC1(C)c2ccccc2-c2cccc(-c3ccccc3-c3ccc(N(c4ccc5c(c4)C4(CCCC4)c4ccccc4-5)c4cccc5c4-c4ccccc4C5(C)c4ccccc4)cc3)c21. The first kappa shape index (κ1) is 38.3. The summed E-state index contributed by atoms with van der Waals surface area (Å²) in [5, 5.41) is 0. The highest BCUT2D eigenvalue weighted by Gasteiger charge is 2.46. The molecule has 0 radical (unpaired) electrons. The van der Waals surface area contributed by atoms with Crippen LogP contribution in [0.5, 0.6) is 0 Å². The first-order valence-corrected chi connectivity index (χ1v) is 23.6. The first-order valence-electron chi connectivity index (χ1n) is 23.6. The normalized spacial score (nSPS) is 17.5. The van der Waals surface area contributed by atoms with E-state index in [-0.39, 0.29) is 16.2 Å². The molecule has 0 N–H and O–H groups in total. The van der Waals surface area contributed by atoms with Crippen molar-refractivity contribution in [1.82, 2.24) is 0 Å². The maximum Gasteiger partial charge on any atom is 0.0543 e. The van der Waals surface area contributed by atoms with Crippen molar-refractivity contribution >= 4 is 17.1 Å². The number of hydrogen-bond donors (Lipinski definition) is 0. The Morgan fingerprint density at radius 3 is 1.63 bits per heavy atom. The molecule has 1 heteroatoms. The van der Waals surface area contributed by atoms with Crippen LogP contribution in [-0.2, 0) is 16.2 Å². The molecule has 1 saturated carbocycles. The predicted octanol–water partition coefficient (Wildman–Crippen LogP) is 17.0. The first-order chi connectivity index (χ1) is 31.9. The van der Waals surface area contributed by atoms with Crippen molar-refractivity contribution in [2.45, 2.75) is 62.7 Å². The third-order valence-electron chi connectivity index (χ3n) is 16.1. The molecule has 9 aromatic rings. The van der Waals surface area contributed by atoms with Crippen molar-refractivity contribution in [3.05, 3.63) is 245 Å². The second-order valence-electron chi connectivity index (χ2n) is 19.6. The third-order valence-corrected chi connectivity index (χ3v) is 16.1. The Morgan fingerprint density at radius 2 is 0.892 bits per heavy atom. The lowest BCUT2D eigenvalue weighted by Crippen LogP contribution is -2.22. The van der Waals surface area contributed by atoms with Crippen LogP contribution >= 0.6 is 0 Å². The molecule has 0 heterocycles. The number of hydrogen-bond acceptors (Lipinski definition) is 1. The Labute approximate surface area is 383 Å². The summed E-state index contributed by atoms with van der Waals surface area (Å²) in [5.41, 5.74) is 26.2. The van der Waals surface area contributed by atoms with Crippen LogP contribution in [0.3, 0.4) is 0 Å². The van der Waals surface area contributed by atoms with Gasteiger partial charge in [-0.25, -0.2) is 0 Å². The second-order valence-corrected chi connectivity index (χ2v) is 19.6. The van der Waals surface area contributed by atoms with E-state index < -0.39 is 0 Å². The van der Waals surface area contributed by atoms with Gasteiger partial charge >= 0.3 is 0 Å². The fourth-order valence-electron chi connectivity index (χ4n) is 13.1. The maximum absolute atomic E-state index is 2.57. The lowest BCUT2D eigenvalue weighted by atomic mass is 9.74. The molecular formula is C64H51N. The monoisotopic (exact) mass is 833 g/mol. The molecule has 1 spiro atoms. The highest BCUT2D eigenvalue weighted by molar-refractivity contribution is 5.98.